The van der Waals surface area contributed by atoms with Crippen molar-refractivity contribution < 1.29 is 22.4 Å². The average molecular weight is 415 g/mol. The largest absolute Gasteiger partial charge is 0.442 e. The highest BCUT2D eigenvalue weighted by atomic mass is 35.5. The quantitative estimate of drug-likeness (QED) is 0.552. The maximum Gasteiger partial charge on any atom is 0.417 e. The van der Waals surface area contributed by atoms with Crippen molar-refractivity contribution in [3.05, 3.63) is 52.7 Å². The lowest BCUT2D eigenvalue weighted by atomic mass is 9.91. The molecule has 3 rings (SSSR count). The third-order valence-corrected chi connectivity index (χ3v) is 5.47. The van der Waals surface area contributed by atoms with Crippen LogP contribution in [0.4, 0.5) is 13.2 Å². The standard InChI is InChI=1S/C20H22ClF3N2O2/c21-17-5-4-15(12-16(17)20(22,23)24)13-26-9-6-14(7-10-26)2-1-3-18(27)19-25-8-11-28-19/h4-5,8,11-12,14H,1-3,6-7,9-10,13H2. The van der Waals surface area contributed by atoms with E-state index < -0.39 is 11.7 Å². The number of halogens is 4. The van der Waals surface area contributed by atoms with Crippen molar-refractivity contribution in [1.82, 2.24) is 9.88 Å². The van der Waals surface area contributed by atoms with E-state index in [9.17, 15) is 18.0 Å². The number of alkyl halides is 3. The molecule has 0 radical (unpaired) electrons. The highest BCUT2D eigenvalue weighted by Crippen LogP contribution is 2.35. The van der Waals surface area contributed by atoms with Gasteiger partial charge in [0.1, 0.15) is 6.26 Å². The Balaban J connectivity index is 1.42. The minimum atomic E-state index is -4.44. The molecule has 0 unspecified atom stereocenters. The molecule has 0 saturated carbocycles. The van der Waals surface area contributed by atoms with Crippen LogP contribution in [-0.2, 0) is 12.7 Å². The predicted molar refractivity (Wildman–Crippen MR) is 99.1 cm³/mol. The van der Waals surface area contributed by atoms with E-state index in [-0.39, 0.29) is 16.7 Å². The Morgan fingerprint density at radius 1 is 1.29 bits per heavy atom. The summed E-state index contributed by atoms with van der Waals surface area (Å²) in [4.78, 5) is 17.9. The molecule has 0 spiro atoms. The minimum absolute atomic E-state index is 0.0781. The summed E-state index contributed by atoms with van der Waals surface area (Å²) in [6, 6.07) is 4.11. The second-order valence-electron chi connectivity index (χ2n) is 7.18. The molecule has 0 bridgehead atoms. The Morgan fingerprint density at radius 2 is 2.04 bits per heavy atom. The second kappa shape index (κ2) is 9.09. The number of Topliss-reactive ketones (excluding diaryl/α,β-unsaturated/α-hetero) is 1. The van der Waals surface area contributed by atoms with E-state index in [1.165, 1.54) is 18.5 Å². The van der Waals surface area contributed by atoms with Crippen molar-refractivity contribution in [1.29, 1.82) is 0 Å². The Kier molecular flexibility index (Phi) is 6.78. The van der Waals surface area contributed by atoms with Gasteiger partial charge < -0.3 is 4.42 Å². The molecule has 1 fully saturated rings. The highest BCUT2D eigenvalue weighted by Gasteiger charge is 2.33. The Bertz CT molecular complexity index is 785. The molecular weight excluding hydrogens is 393 g/mol. The fourth-order valence-electron chi connectivity index (χ4n) is 3.60. The van der Waals surface area contributed by atoms with Gasteiger partial charge in [-0.25, -0.2) is 4.98 Å². The van der Waals surface area contributed by atoms with Gasteiger partial charge >= 0.3 is 6.18 Å². The molecule has 0 aliphatic carbocycles. The summed E-state index contributed by atoms with van der Waals surface area (Å²) in [7, 11) is 0. The Labute approximate surface area is 166 Å². The van der Waals surface area contributed by atoms with Crippen LogP contribution in [0.25, 0.3) is 0 Å². The number of hydrogen-bond acceptors (Lipinski definition) is 4. The topological polar surface area (TPSA) is 46.3 Å². The summed E-state index contributed by atoms with van der Waals surface area (Å²) >= 11 is 5.68. The summed E-state index contributed by atoms with van der Waals surface area (Å²) in [6.45, 7) is 2.15. The van der Waals surface area contributed by atoms with Crippen molar-refractivity contribution >= 4 is 17.4 Å². The van der Waals surface area contributed by atoms with Crippen molar-refractivity contribution in [2.24, 2.45) is 5.92 Å². The van der Waals surface area contributed by atoms with E-state index in [4.69, 9.17) is 16.0 Å². The van der Waals surface area contributed by atoms with Crippen LogP contribution < -0.4 is 0 Å². The van der Waals surface area contributed by atoms with Gasteiger partial charge in [-0.3, -0.25) is 9.69 Å². The summed E-state index contributed by atoms with van der Waals surface area (Å²) in [6.07, 6.45) is 2.54. The average Bonchev–Trinajstić information content (AvgIpc) is 3.18. The number of benzene rings is 1. The molecule has 152 valence electrons. The lowest BCUT2D eigenvalue weighted by Gasteiger charge is -2.32. The van der Waals surface area contributed by atoms with Crippen molar-refractivity contribution in [2.45, 2.75) is 44.8 Å². The molecule has 0 atom stereocenters. The lowest BCUT2D eigenvalue weighted by Crippen LogP contribution is -2.33. The van der Waals surface area contributed by atoms with Gasteiger partial charge in [0.25, 0.3) is 5.89 Å². The summed E-state index contributed by atoms with van der Waals surface area (Å²) in [5, 5.41) is -0.269. The number of aromatic nitrogens is 1. The van der Waals surface area contributed by atoms with Gasteiger partial charge in [-0.05, 0) is 62.4 Å². The maximum absolute atomic E-state index is 13.0. The SMILES string of the molecule is O=C(CCCC1CCN(Cc2ccc(Cl)c(C(F)(F)F)c2)CC1)c1ncco1. The van der Waals surface area contributed by atoms with Gasteiger partial charge in [-0.15, -0.1) is 0 Å². The van der Waals surface area contributed by atoms with Crippen LogP contribution in [0.5, 0.6) is 0 Å². The number of oxazole rings is 1. The number of carbonyl (C=O) groups is 1. The van der Waals surface area contributed by atoms with Gasteiger partial charge in [0.2, 0.25) is 5.78 Å². The van der Waals surface area contributed by atoms with E-state index >= 15 is 0 Å². The molecule has 1 aromatic heterocycles. The van der Waals surface area contributed by atoms with Crippen LogP contribution in [0.1, 0.15) is 53.9 Å². The normalized spacial score (nSPS) is 16.4. The molecule has 1 aromatic carbocycles. The number of ketones is 1. The highest BCUT2D eigenvalue weighted by molar-refractivity contribution is 6.31. The monoisotopic (exact) mass is 414 g/mol. The summed E-state index contributed by atoms with van der Waals surface area (Å²) in [5.41, 5.74) is -0.163. The first-order chi connectivity index (χ1) is 13.3. The van der Waals surface area contributed by atoms with Crippen molar-refractivity contribution in [2.75, 3.05) is 13.1 Å². The molecule has 4 nitrogen and oxygen atoms in total. The summed E-state index contributed by atoms with van der Waals surface area (Å²) in [5.74, 6) is 0.617. The van der Waals surface area contributed by atoms with Gasteiger partial charge in [0, 0.05) is 13.0 Å². The molecule has 0 N–H and O–H groups in total. The zero-order valence-corrected chi connectivity index (χ0v) is 16.1. The summed E-state index contributed by atoms with van der Waals surface area (Å²) < 4.78 is 44.0. The van der Waals surface area contributed by atoms with Crippen LogP contribution in [0.3, 0.4) is 0 Å². The van der Waals surface area contributed by atoms with E-state index in [1.54, 1.807) is 6.07 Å². The second-order valence-corrected chi connectivity index (χ2v) is 7.59. The molecule has 1 aliphatic heterocycles. The van der Waals surface area contributed by atoms with Gasteiger partial charge in [0.15, 0.2) is 0 Å². The molecule has 1 aliphatic rings. The first-order valence-corrected chi connectivity index (χ1v) is 9.71. The number of nitrogens with zero attached hydrogens (tertiary/aromatic N) is 2. The van der Waals surface area contributed by atoms with Gasteiger partial charge in [-0.2, -0.15) is 13.2 Å². The van der Waals surface area contributed by atoms with E-state index in [0.717, 1.165) is 44.8 Å². The van der Waals surface area contributed by atoms with E-state index in [2.05, 4.69) is 9.88 Å². The van der Waals surface area contributed by atoms with Crippen molar-refractivity contribution in [3.8, 4) is 0 Å². The molecule has 2 aromatic rings. The van der Waals surface area contributed by atoms with Crippen molar-refractivity contribution in [3.63, 3.8) is 0 Å². The minimum Gasteiger partial charge on any atom is -0.442 e. The van der Waals surface area contributed by atoms with E-state index in [1.807, 2.05) is 0 Å². The third-order valence-electron chi connectivity index (χ3n) is 5.14. The number of piperidine rings is 1. The number of carbonyl (C=O) groups excluding carboxylic acids is 1. The van der Waals surface area contributed by atoms with Crippen LogP contribution in [0, 0.1) is 5.92 Å². The smallest absolute Gasteiger partial charge is 0.417 e. The number of rotatable bonds is 7. The van der Waals surface area contributed by atoms with Crippen LogP contribution >= 0.6 is 11.6 Å². The molecule has 28 heavy (non-hydrogen) atoms. The first kappa shape index (κ1) is 20.9. The molecule has 8 heteroatoms. The third kappa shape index (κ3) is 5.58. The van der Waals surface area contributed by atoms with Crippen LogP contribution in [-0.4, -0.2) is 28.8 Å². The zero-order chi connectivity index (χ0) is 20.1. The Morgan fingerprint density at radius 3 is 2.68 bits per heavy atom. The molecule has 1 saturated heterocycles. The first-order valence-electron chi connectivity index (χ1n) is 9.33. The fraction of sp³-hybridized carbons (Fsp3) is 0.500. The van der Waals surface area contributed by atoms with Crippen LogP contribution in [0.15, 0.2) is 35.1 Å². The number of hydrogen-bond donors (Lipinski definition) is 0. The number of likely N-dealkylation sites (tertiary alicyclic amines) is 1. The molecule has 0 amide bonds. The molecule has 2 heterocycles. The fourth-order valence-corrected chi connectivity index (χ4v) is 3.82. The van der Waals surface area contributed by atoms with Crippen LogP contribution in [0.2, 0.25) is 5.02 Å². The van der Waals surface area contributed by atoms with Gasteiger partial charge in [-0.1, -0.05) is 17.7 Å². The Hall–Kier alpha value is -1.86. The maximum atomic E-state index is 13.0. The zero-order valence-electron chi connectivity index (χ0n) is 15.3. The molecular formula is C20H22ClF3N2O2. The predicted octanol–water partition coefficient (Wildman–Crippen LogP) is 5.61. The lowest BCUT2D eigenvalue weighted by molar-refractivity contribution is -0.137. The van der Waals surface area contributed by atoms with E-state index in [0.29, 0.717) is 24.4 Å². The van der Waals surface area contributed by atoms with Gasteiger partial charge in [0.05, 0.1) is 16.8 Å².